The number of ether oxygens (including phenoxy) is 2. The number of methoxy groups -OCH3 is 1. The van der Waals surface area contributed by atoms with Crippen molar-refractivity contribution in [2.75, 3.05) is 27.3 Å². The van der Waals surface area contributed by atoms with Crippen molar-refractivity contribution < 1.29 is 19.1 Å². The maximum atomic E-state index is 13.1. The maximum Gasteiger partial charge on any atom is 0.340 e. The molecule has 166 valence electrons. The first-order valence-corrected chi connectivity index (χ1v) is 11.4. The lowest BCUT2D eigenvalue weighted by Crippen LogP contribution is -2.60. The first-order valence-electron chi connectivity index (χ1n) is 10.6. The molecule has 3 heterocycles. The molecule has 0 radical (unpaired) electrons. The van der Waals surface area contributed by atoms with Gasteiger partial charge in [0.1, 0.15) is 5.60 Å². The molecule has 3 aromatic rings. The van der Waals surface area contributed by atoms with Gasteiger partial charge in [-0.25, -0.2) is 4.79 Å². The summed E-state index contributed by atoms with van der Waals surface area (Å²) in [5, 5.41) is 1.20. The van der Waals surface area contributed by atoms with Gasteiger partial charge in [0.05, 0.1) is 5.56 Å². The summed E-state index contributed by atoms with van der Waals surface area (Å²) < 4.78 is 12.2. The molecule has 8 heteroatoms. The molecule has 0 saturated carbocycles. The molecular weight excluding hydrogens is 474 g/mol. The summed E-state index contributed by atoms with van der Waals surface area (Å²) in [6.45, 7) is 0.328. The number of hydrogen-bond acceptors (Lipinski definition) is 6. The van der Waals surface area contributed by atoms with E-state index in [1.54, 1.807) is 19.4 Å². The van der Waals surface area contributed by atoms with Crippen molar-refractivity contribution in [1.82, 2.24) is 14.9 Å². The Morgan fingerprint density at radius 3 is 2.97 bits per heavy atom. The summed E-state index contributed by atoms with van der Waals surface area (Å²) in [4.78, 5) is 35.0. The second-order valence-corrected chi connectivity index (χ2v) is 9.55. The van der Waals surface area contributed by atoms with Gasteiger partial charge in [0.15, 0.2) is 12.4 Å². The van der Waals surface area contributed by atoms with Crippen LogP contribution < -0.4 is 0 Å². The molecule has 2 aliphatic rings. The Balaban J connectivity index is 1.39. The normalized spacial score (nSPS) is 24.8. The average Bonchev–Trinajstić information content (AvgIpc) is 3.22. The van der Waals surface area contributed by atoms with Gasteiger partial charge in [-0.05, 0) is 59.1 Å². The number of nitrogens with zero attached hydrogens (tertiary/aromatic N) is 2. The predicted octanol–water partition coefficient (Wildman–Crippen LogP) is 3.47. The predicted molar refractivity (Wildman–Crippen MR) is 122 cm³/mol. The molecule has 5 rings (SSSR count). The summed E-state index contributed by atoms with van der Waals surface area (Å²) in [5.41, 5.74) is 3.19. The minimum Gasteiger partial charge on any atom is -0.454 e. The van der Waals surface area contributed by atoms with E-state index >= 15 is 0 Å². The van der Waals surface area contributed by atoms with Crippen LogP contribution in [0.2, 0.25) is 0 Å². The van der Waals surface area contributed by atoms with Crippen LogP contribution >= 0.6 is 15.9 Å². The van der Waals surface area contributed by atoms with E-state index in [9.17, 15) is 9.59 Å². The van der Waals surface area contributed by atoms with Gasteiger partial charge < -0.3 is 14.5 Å². The number of pyridine rings is 1. The molecule has 3 atom stereocenters. The molecule has 2 aromatic heterocycles. The van der Waals surface area contributed by atoms with Crippen LogP contribution in [-0.4, -0.2) is 60.0 Å². The molecule has 1 N–H and O–H groups in total. The Morgan fingerprint density at radius 1 is 1.34 bits per heavy atom. The van der Waals surface area contributed by atoms with Crippen molar-refractivity contribution in [1.29, 1.82) is 0 Å². The Labute approximate surface area is 194 Å². The number of hydrogen-bond donors (Lipinski definition) is 1. The molecule has 0 spiro atoms. The molecule has 1 saturated heterocycles. The summed E-state index contributed by atoms with van der Waals surface area (Å²) in [7, 11) is 3.76. The summed E-state index contributed by atoms with van der Waals surface area (Å²) in [5.74, 6) is -0.967. The smallest absolute Gasteiger partial charge is 0.340 e. The fourth-order valence-electron chi connectivity index (χ4n) is 5.39. The van der Waals surface area contributed by atoms with E-state index < -0.39 is 11.6 Å². The molecule has 1 aliphatic carbocycles. The molecule has 0 amide bonds. The molecule has 0 bridgehead atoms. The van der Waals surface area contributed by atoms with Gasteiger partial charge in [0, 0.05) is 59.6 Å². The SMILES string of the molecule is CO[C@]12CC(C(=O)COC(=O)c3cncc(Br)c3)CN(C)[C@@H]1Cc1c[nH]c3cccc2c13. The second-order valence-electron chi connectivity index (χ2n) is 8.63. The number of halogens is 1. The highest BCUT2D eigenvalue weighted by molar-refractivity contribution is 9.10. The van der Waals surface area contributed by atoms with Crippen LogP contribution in [0.3, 0.4) is 0 Å². The molecule has 1 fully saturated rings. The number of carbonyl (C=O) groups is 2. The van der Waals surface area contributed by atoms with E-state index in [0.29, 0.717) is 23.0 Å². The van der Waals surface area contributed by atoms with E-state index in [1.807, 2.05) is 13.1 Å². The van der Waals surface area contributed by atoms with Crippen LogP contribution in [0.15, 0.2) is 47.3 Å². The zero-order chi connectivity index (χ0) is 22.5. The van der Waals surface area contributed by atoms with Gasteiger partial charge in [0.2, 0.25) is 0 Å². The quantitative estimate of drug-likeness (QED) is 0.543. The summed E-state index contributed by atoms with van der Waals surface area (Å²) in [6, 6.07) is 7.95. The van der Waals surface area contributed by atoms with E-state index in [4.69, 9.17) is 9.47 Å². The lowest BCUT2D eigenvalue weighted by molar-refractivity contribution is -0.147. The highest BCUT2D eigenvalue weighted by atomic mass is 79.9. The number of rotatable bonds is 5. The van der Waals surface area contributed by atoms with E-state index in [0.717, 1.165) is 17.5 Å². The standard InChI is InChI=1S/C24H24BrN3O4/c1-28-12-16(20(29)13-32-23(30)15-6-17(25)11-26-9-15)8-24(31-2)18-4-3-5-19-22(18)14(10-27-19)7-21(24)28/h3-6,9-11,16,21,27H,7-8,12-13H2,1-2H3/t16?,21-,24+/m1/s1. The number of Topliss-reactive ketones (excluding diaryl/α,β-unsaturated/α-hetero) is 1. The van der Waals surface area contributed by atoms with Crippen LogP contribution in [0.25, 0.3) is 10.9 Å². The van der Waals surface area contributed by atoms with Crippen molar-refractivity contribution >= 4 is 38.6 Å². The number of likely N-dealkylation sites (N-methyl/N-ethyl adjacent to an activating group) is 1. The van der Waals surface area contributed by atoms with Gasteiger partial charge in [-0.2, -0.15) is 0 Å². The Bertz CT molecular complexity index is 1210. The molecule has 1 aliphatic heterocycles. The maximum absolute atomic E-state index is 13.1. The third kappa shape index (κ3) is 3.37. The Hall–Kier alpha value is -2.55. The monoisotopic (exact) mass is 497 g/mol. The first kappa shape index (κ1) is 21.3. The van der Waals surface area contributed by atoms with Crippen molar-refractivity contribution in [3.63, 3.8) is 0 Å². The Kier molecular flexibility index (Phi) is 5.39. The van der Waals surface area contributed by atoms with E-state index in [1.165, 1.54) is 17.1 Å². The largest absolute Gasteiger partial charge is 0.454 e. The van der Waals surface area contributed by atoms with Gasteiger partial charge >= 0.3 is 5.97 Å². The van der Waals surface area contributed by atoms with Crippen LogP contribution in [-0.2, 0) is 26.3 Å². The Morgan fingerprint density at radius 2 is 2.19 bits per heavy atom. The number of carbonyl (C=O) groups excluding carboxylic acids is 2. The minimum absolute atomic E-state index is 0.102. The lowest BCUT2D eigenvalue weighted by atomic mass is 9.68. The molecule has 7 nitrogen and oxygen atoms in total. The third-order valence-corrected chi connectivity index (χ3v) is 7.32. The number of aromatic amines is 1. The number of nitrogens with one attached hydrogen (secondary N) is 1. The number of fused-ring (bicyclic) bond motifs is 2. The zero-order valence-electron chi connectivity index (χ0n) is 17.9. The van der Waals surface area contributed by atoms with E-state index in [-0.39, 0.29) is 24.3 Å². The molecular formula is C24H24BrN3O4. The number of ketones is 1. The van der Waals surface area contributed by atoms with Crippen LogP contribution in [0.4, 0.5) is 0 Å². The third-order valence-electron chi connectivity index (χ3n) is 6.89. The summed E-state index contributed by atoms with van der Waals surface area (Å²) in [6.07, 6.45) is 6.49. The highest BCUT2D eigenvalue weighted by Gasteiger charge is 2.52. The number of benzene rings is 1. The fourth-order valence-corrected chi connectivity index (χ4v) is 5.76. The van der Waals surface area contributed by atoms with Gasteiger partial charge in [-0.3, -0.25) is 14.7 Å². The van der Waals surface area contributed by atoms with E-state index in [2.05, 4.69) is 49.1 Å². The topological polar surface area (TPSA) is 84.5 Å². The fraction of sp³-hybridized carbons (Fsp3) is 0.375. The van der Waals surface area contributed by atoms with Crippen LogP contribution in [0.5, 0.6) is 0 Å². The molecule has 32 heavy (non-hydrogen) atoms. The van der Waals surface area contributed by atoms with Crippen molar-refractivity contribution in [2.45, 2.75) is 24.5 Å². The average molecular weight is 498 g/mol. The number of H-pyrrole nitrogens is 1. The highest BCUT2D eigenvalue weighted by Crippen LogP contribution is 2.49. The molecule has 1 unspecified atom stereocenters. The minimum atomic E-state index is -0.597. The van der Waals surface area contributed by atoms with Crippen LogP contribution in [0, 0.1) is 5.92 Å². The second kappa shape index (κ2) is 8.10. The van der Waals surface area contributed by atoms with Gasteiger partial charge in [-0.1, -0.05) is 12.1 Å². The number of esters is 1. The number of piperidine rings is 1. The molecule has 1 aromatic carbocycles. The number of likely N-dealkylation sites (tertiary alicyclic amines) is 1. The van der Waals surface area contributed by atoms with Gasteiger partial charge in [0.25, 0.3) is 0 Å². The van der Waals surface area contributed by atoms with Gasteiger partial charge in [-0.15, -0.1) is 0 Å². The number of aromatic nitrogens is 2. The zero-order valence-corrected chi connectivity index (χ0v) is 19.5. The van der Waals surface area contributed by atoms with Crippen molar-refractivity contribution in [2.24, 2.45) is 5.92 Å². The van der Waals surface area contributed by atoms with Crippen molar-refractivity contribution in [3.05, 3.63) is 64.0 Å². The first-order chi connectivity index (χ1) is 15.4. The summed E-state index contributed by atoms with van der Waals surface area (Å²) >= 11 is 3.29. The van der Waals surface area contributed by atoms with Crippen LogP contribution in [0.1, 0.15) is 27.9 Å². The lowest BCUT2D eigenvalue weighted by Gasteiger charge is -2.52. The van der Waals surface area contributed by atoms with Crippen molar-refractivity contribution in [3.8, 4) is 0 Å².